The molecule has 1 aliphatic rings. The number of aliphatic hydroxyl groups excluding tert-OH is 2. The average Bonchev–Trinajstić information content (AvgIpc) is 2.58. The van der Waals surface area contributed by atoms with E-state index in [1.165, 1.54) is 0 Å². The van der Waals surface area contributed by atoms with Gasteiger partial charge in [-0.05, 0) is 25.3 Å². The van der Waals surface area contributed by atoms with Crippen LogP contribution in [0.15, 0.2) is 0 Å². The Morgan fingerprint density at radius 1 is 1.14 bits per heavy atom. The van der Waals surface area contributed by atoms with Crippen molar-refractivity contribution >= 4 is 17.7 Å². The summed E-state index contributed by atoms with van der Waals surface area (Å²) in [7, 11) is 1.62. The van der Waals surface area contributed by atoms with E-state index >= 15 is 0 Å². The van der Waals surface area contributed by atoms with E-state index in [1.807, 2.05) is 27.7 Å². The van der Waals surface area contributed by atoms with Crippen LogP contribution in [0.1, 0.15) is 47.0 Å². The third kappa shape index (κ3) is 6.63. The second-order valence-electron chi connectivity index (χ2n) is 8.68. The molecule has 1 rings (SSSR count). The van der Waals surface area contributed by atoms with Crippen molar-refractivity contribution in [3.8, 4) is 0 Å². The highest BCUT2D eigenvalue weighted by Crippen LogP contribution is 2.30. The highest BCUT2D eigenvalue weighted by atomic mass is 16.3. The molecular weight excluding hydrogens is 380 g/mol. The molecule has 0 heterocycles. The van der Waals surface area contributed by atoms with Gasteiger partial charge in [0.25, 0.3) is 5.91 Å². The zero-order chi connectivity index (χ0) is 22.5. The summed E-state index contributed by atoms with van der Waals surface area (Å²) in [6.07, 6.45) is -3.24. The Balaban J connectivity index is 2.96. The molecule has 0 aromatic heterocycles. The van der Waals surface area contributed by atoms with Gasteiger partial charge in [-0.1, -0.05) is 27.7 Å². The minimum absolute atomic E-state index is 0.0415. The molecule has 168 valence electrons. The van der Waals surface area contributed by atoms with Crippen molar-refractivity contribution in [2.75, 3.05) is 7.05 Å². The third-order valence-electron chi connectivity index (χ3n) is 5.28. The zero-order valence-electron chi connectivity index (χ0n) is 17.8. The summed E-state index contributed by atoms with van der Waals surface area (Å²) >= 11 is 0. The second-order valence-corrected chi connectivity index (χ2v) is 8.68. The van der Waals surface area contributed by atoms with Gasteiger partial charge in [0.1, 0.15) is 17.7 Å². The van der Waals surface area contributed by atoms with Crippen LogP contribution >= 0.6 is 0 Å². The fraction of sp³-hybridized carbons (Fsp3) is 0.842. The van der Waals surface area contributed by atoms with Crippen LogP contribution in [0.4, 0.5) is 0 Å². The maximum atomic E-state index is 12.7. The van der Waals surface area contributed by atoms with E-state index in [0.717, 1.165) is 0 Å². The lowest BCUT2D eigenvalue weighted by Gasteiger charge is -2.42. The molecule has 3 amide bonds. The molecule has 8 N–H and O–H groups in total. The first-order chi connectivity index (χ1) is 13.3. The van der Waals surface area contributed by atoms with Gasteiger partial charge < -0.3 is 37.0 Å². The molecule has 0 saturated heterocycles. The number of hydrogen-bond donors (Lipinski definition) is 7. The second kappa shape index (κ2) is 10.3. The number of nitrogens with one attached hydrogen (secondary N) is 3. The number of nitrogens with two attached hydrogens (primary N) is 1. The Kier molecular flexibility index (Phi) is 9.01. The molecule has 0 unspecified atom stereocenters. The number of amides is 3. The van der Waals surface area contributed by atoms with Crippen molar-refractivity contribution in [3.63, 3.8) is 0 Å². The van der Waals surface area contributed by atoms with E-state index in [1.54, 1.807) is 7.05 Å². The van der Waals surface area contributed by atoms with Crippen molar-refractivity contribution in [2.45, 2.75) is 82.9 Å². The molecule has 29 heavy (non-hydrogen) atoms. The van der Waals surface area contributed by atoms with Gasteiger partial charge in [0, 0.05) is 12.8 Å². The van der Waals surface area contributed by atoms with Crippen LogP contribution in [-0.4, -0.2) is 76.0 Å². The van der Waals surface area contributed by atoms with E-state index < -0.39 is 60.1 Å². The lowest BCUT2D eigenvalue weighted by atomic mass is 9.77. The minimum Gasteiger partial charge on any atom is -0.390 e. The van der Waals surface area contributed by atoms with Crippen LogP contribution in [0.25, 0.3) is 0 Å². The van der Waals surface area contributed by atoms with Crippen molar-refractivity contribution in [3.05, 3.63) is 0 Å². The number of aliphatic hydroxyl groups is 3. The topological polar surface area (TPSA) is 174 Å². The van der Waals surface area contributed by atoms with Crippen LogP contribution in [-0.2, 0) is 14.4 Å². The van der Waals surface area contributed by atoms with Crippen LogP contribution in [0.3, 0.4) is 0 Å². The van der Waals surface area contributed by atoms with Crippen molar-refractivity contribution in [1.82, 2.24) is 16.0 Å². The summed E-state index contributed by atoms with van der Waals surface area (Å²) in [5, 5.41) is 39.3. The summed E-state index contributed by atoms with van der Waals surface area (Å²) in [6, 6.07) is -2.57. The Bertz CT molecular complexity index is 599. The molecule has 1 fully saturated rings. The fourth-order valence-electron chi connectivity index (χ4n) is 3.67. The van der Waals surface area contributed by atoms with E-state index in [-0.39, 0.29) is 18.3 Å². The van der Waals surface area contributed by atoms with Crippen molar-refractivity contribution < 1.29 is 29.7 Å². The highest BCUT2D eigenvalue weighted by molar-refractivity contribution is 5.91. The predicted molar refractivity (Wildman–Crippen MR) is 106 cm³/mol. The lowest BCUT2D eigenvalue weighted by molar-refractivity contribution is -0.161. The number of primary amides is 1. The molecule has 1 aliphatic carbocycles. The van der Waals surface area contributed by atoms with Gasteiger partial charge in [-0.25, -0.2) is 0 Å². The summed E-state index contributed by atoms with van der Waals surface area (Å²) < 4.78 is 0. The largest absolute Gasteiger partial charge is 0.390 e. The fourth-order valence-corrected chi connectivity index (χ4v) is 3.67. The maximum absolute atomic E-state index is 12.7. The van der Waals surface area contributed by atoms with Crippen molar-refractivity contribution in [1.29, 1.82) is 0 Å². The Morgan fingerprint density at radius 3 is 2.17 bits per heavy atom. The SMILES string of the molecule is CN[C@H](C(=O)N[C@H]1C[C@@](O)(C(=O)N[C@H](CC(C)C)C(N)=O)C[C@@H](O)[C@@H]1O)C(C)C. The summed E-state index contributed by atoms with van der Waals surface area (Å²) in [5.74, 6) is -1.99. The zero-order valence-corrected chi connectivity index (χ0v) is 17.8. The first kappa shape index (κ1) is 25.3. The van der Waals surface area contributed by atoms with Crippen LogP contribution < -0.4 is 21.7 Å². The Hall–Kier alpha value is -1.75. The number of carbonyl (C=O) groups is 3. The van der Waals surface area contributed by atoms with Crippen LogP contribution in [0, 0.1) is 11.8 Å². The Labute approximate surface area is 171 Å². The first-order valence-electron chi connectivity index (χ1n) is 9.98. The summed E-state index contributed by atoms with van der Waals surface area (Å²) in [5.41, 5.74) is 3.26. The highest BCUT2D eigenvalue weighted by Gasteiger charge is 2.50. The van der Waals surface area contributed by atoms with Gasteiger partial charge in [-0.3, -0.25) is 14.4 Å². The van der Waals surface area contributed by atoms with E-state index in [4.69, 9.17) is 5.73 Å². The molecule has 0 radical (unpaired) electrons. The number of rotatable bonds is 9. The number of carbonyl (C=O) groups excluding carboxylic acids is 3. The molecule has 0 spiro atoms. The van der Waals surface area contributed by atoms with E-state index in [9.17, 15) is 29.7 Å². The van der Waals surface area contributed by atoms with Gasteiger partial charge in [-0.2, -0.15) is 0 Å². The first-order valence-corrected chi connectivity index (χ1v) is 9.98. The van der Waals surface area contributed by atoms with Gasteiger partial charge >= 0.3 is 0 Å². The number of likely N-dealkylation sites (N-methyl/N-ethyl adjacent to an activating group) is 1. The molecule has 0 bridgehead atoms. The monoisotopic (exact) mass is 416 g/mol. The lowest BCUT2D eigenvalue weighted by Crippen LogP contribution is -2.65. The average molecular weight is 417 g/mol. The molecule has 10 nitrogen and oxygen atoms in total. The van der Waals surface area contributed by atoms with Crippen molar-refractivity contribution in [2.24, 2.45) is 17.6 Å². The summed E-state index contributed by atoms with van der Waals surface area (Å²) in [4.78, 5) is 36.8. The van der Waals surface area contributed by atoms with E-state index in [2.05, 4.69) is 16.0 Å². The molecule has 1 saturated carbocycles. The third-order valence-corrected chi connectivity index (χ3v) is 5.28. The molecular formula is C19H36N4O6. The molecule has 0 aliphatic heterocycles. The van der Waals surface area contributed by atoms with Gasteiger partial charge in [-0.15, -0.1) is 0 Å². The normalized spacial score (nSPS) is 29.4. The van der Waals surface area contributed by atoms with Gasteiger partial charge in [0.2, 0.25) is 11.8 Å². The summed E-state index contributed by atoms with van der Waals surface area (Å²) in [6.45, 7) is 7.40. The van der Waals surface area contributed by atoms with Gasteiger partial charge in [0.15, 0.2) is 0 Å². The molecule has 0 aromatic carbocycles. The number of hydrogen-bond acceptors (Lipinski definition) is 7. The maximum Gasteiger partial charge on any atom is 0.252 e. The predicted octanol–water partition coefficient (Wildman–Crippen LogP) is -2.02. The smallest absolute Gasteiger partial charge is 0.252 e. The molecule has 0 aromatic rings. The van der Waals surface area contributed by atoms with Gasteiger partial charge in [0.05, 0.1) is 18.2 Å². The quantitative estimate of drug-likeness (QED) is 0.227. The minimum atomic E-state index is -2.08. The Morgan fingerprint density at radius 2 is 1.72 bits per heavy atom. The van der Waals surface area contributed by atoms with Crippen LogP contribution in [0.2, 0.25) is 0 Å². The molecule has 10 heteroatoms. The molecule has 6 atom stereocenters. The van der Waals surface area contributed by atoms with Crippen LogP contribution in [0.5, 0.6) is 0 Å². The van der Waals surface area contributed by atoms with E-state index in [0.29, 0.717) is 6.42 Å². The standard InChI is InChI=1S/C19H36N4O6/c1-9(2)6-11(16(20)26)23-18(28)19(29)7-12(15(25)13(24)8-19)22-17(27)14(21-5)10(3)4/h9-15,21,24-25,29H,6-8H2,1-5H3,(H2,20,26)(H,22,27)(H,23,28)/t11-,12+,13-,14+,15-,19+/m1/s1.